The molecule has 260 valence electrons. The Balaban J connectivity index is 3.83. The molecule has 0 aliphatic heterocycles. The molecule has 0 aromatic rings. The van der Waals surface area contributed by atoms with E-state index in [-0.39, 0.29) is 31.6 Å². The van der Waals surface area contributed by atoms with Crippen LogP contribution in [-0.4, -0.2) is 37.2 Å². The molecule has 0 rings (SSSR count). The summed E-state index contributed by atoms with van der Waals surface area (Å²) in [7, 11) is 0. The predicted molar refractivity (Wildman–Crippen MR) is 183 cm³/mol. The van der Waals surface area contributed by atoms with E-state index in [4.69, 9.17) is 14.2 Å². The Morgan fingerprint density at radius 1 is 0.386 bits per heavy atom. The SMILES string of the molecule is CCCCCCCCCCCCCCCC(=O)OCC(COC(=O)CCCCCCCCCCCCCCC)OC(=O)CC. The van der Waals surface area contributed by atoms with Crippen molar-refractivity contribution in [3.63, 3.8) is 0 Å². The number of unbranched alkanes of at least 4 members (excludes halogenated alkanes) is 24. The monoisotopic (exact) mass is 625 g/mol. The summed E-state index contributed by atoms with van der Waals surface area (Å²) in [6, 6.07) is 0. The van der Waals surface area contributed by atoms with Crippen LogP contribution in [0.5, 0.6) is 0 Å². The number of ether oxygens (including phenoxy) is 3. The first-order chi connectivity index (χ1) is 21.5. The highest BCUT2D eigenvalue weighted by Gasteiger charge is 2.18. The van der Waals surface area contributed by atoms with Crippen LogP contribution in [0.25, 0.3) is 0 Å². The van der Waals surface area contributed by atoms with E-state index in [1.807, 2.05) is 0 Å². The van der Waals surface area contributed by atoms with Crippen LogP contribution in [0, 0.1) is 0 Å². The van der Waals surface area contributed by atoms with E-state index in [1.54, 1.807) is 6.92 Å². The Labute approximate surface area is 272 Å². The molecule has 0 radical (unpaired) electrons. The topological polar surface area (TPSA) is 78.9 Å². The fraction of sp³-hybridized carbons (Fsp3) is 0.921. The van der Waals surface area contributed by atoms with Crippen LogP contribution in [0.1, 0.15) is 207 Å². The summed E-state index contributed by atoms with van der Waals surface area (Å²) < 4.78 is 16.1. The lowest BCUT2D eigenvalue weighted by Crippen LogP contribution is -2.30. The summed E-state index contributed by atoms with van der Waals surface area (Å²) in [6.07, 6.45) is 32.9. The molecule has 0 saturated heterocycles. The highest BCUT2D eigenvalue weighted by molar-refractivity contribution is 5.70. The molecular formula is C38H72O6. The molecule has 0 N–H and O–H groups in total. The molecule has 0 heterocycles. The number of rotatable bonds is 34. The van der Waals surface area contributed by atoms with Crippen LogP contribution < -0.4 is 0 Å². The molecule has 0 atom stereocenters. The van der Waals surface area contributed by atoms with Crippen LogP contribution in [0.2, 0.25) is 0 Å². The van der Waals surface area contributed by atoms with Crippen LogP contribution in [0.4, 0.5) is 0 Å². The van der Waals surface area contributed by atoms with Crippen molar-refractivity contribution in [1.82, 2.24) is 0 Å². The Kier molecular flexibility index (Phi) is 33.0. The first-order valence-corrected chi connectivity index (χ1v) is 19.0. The first-order valence-electron chi connectivity index (χ1n) is 19.0. The van der Waals surface area contributed by atoms with Gasteiger partial charge in [0, 0.05) is 19.3 Å². The molecule has 6 heteroatoms. The van der Waals surface area contributed by atoms with Gasteiger partial charge in [-0.05, 0) is 12.8 Å². The lowest BCUT2D eigenvalue weighted by molar-refractivity contribution is -0.166. The van der Waals surface area contributed by atoms with E-state index in [2.05, 4.69) is 13.8 Å². The maximum atomic E-state index is 12.2. The second kappa shape index (κ2) is 34.3. The molecule has 0 fully saturated rings. The fourth-order valence-corrected chi connectivity index (χ4v) is 5.48. The molecule has 0 spiro atoms. The molecule has 0 bridgehead atoms. The number of carbonyl (C=O) groups is 3. The van der Waals surface area contributed by atoms with Crippen LogP contribution in [0.3, 0.4) is 0 Å². The van der Waals surface area contributed by atoms with E-state index < -0.39 is 12.1 Å². The van der Waals surface area contributed by atoms with Gasteiger partial charge >= 0.3 is 17.9 Å². The van der Waals surface area contributed by atoms with Gasteiger partial charge in [-0.15, -0.1) is 0 Å². The number of hydrogen-bond donors (Lipinski definition) is 0. The maximum Gasteiger partial charge on any atom is 0.306 e. The molecule has 0 aromatic carbocycles. The fourth-order valence-electron chi connectivity index (χ4n) is 5.48. The summed E-state index contributed by atoms with van der Waals surface area (Å²) in [6.45, 7) is 6.08. The van der Waals surface area contributed by atoms with Crippen molar-refractivity contribution in [2.45, 2.75) is 213 Å². The number of hydrogen-bond acceptors (Lipinski definition) is 6. The smallest absolute Gasteiger partial charge is 0.306 e. The third-order valence-electron chi connectivity index (χ3n) is 8.42. The van der Waals surface area contributed by atoms with Crippen molar-refractivity contribution in [3.05, 3.63) is 0 Å². The second-order valence-corrected chi connectivity index (χ2v) is 12.8. The van der Waals surface area contributed by atoms with Crippen molar-refractivity contribution < 1.29 is 28.6 Å². The van der Waals surface area contributed by atoms with E-state index >= 15 is 0 Å². The maximum absolute atomic E-state index is 12.2. The Morgan fingerprint density at radius 3 is 0.932 bits per heavy atom. The Morgan fingerprint density at radius 2 is 0.659 bits per heavy atom. The molecule has 0 unspecified atom stereocenters. The van der Waals surface area contributed by atoms with Gasteiger partial charge < -0.3 is 14.2 Å². The zero-order valence-corrected chi connectivity index (χ0v) is 29.4. The van der Waals surface area contributed by atoms with Crippen LogP contribution in [-0.2, 0) is 28.6 Å². The third kappa shape index (κ3) is 31.8. The van der Waals surface area contributed by atoms with Gasteiger partial charge in [-0.2, -0.15) is 0 Å². The van der Waals surface area contributed by atoms with Gasteiger partial charge in [0.15, 0.2) is 6.10 Å². The standard InChI is InChI=1S/C38H72O6/c1-4-7-9-11-13-15-17-19-21-23-25-27-29-31-37(40)42-33-35(44-36(39)6-3)34-43-38(41)32-30-28-26-24-22-20-18-16-14-12-10-8-5-2/h35H,4-34H2,1-3H3. The summed E-state index contributed by atoms with van der Waals surface area (Å²) in [5.74, 6) is -0.970. The summed E-state index contributed by atoms with van der Waals surface area (Å²) in [4.78, 5) is 36.3. The van der Waals surface area contributed by atoms with Gasteiger partial charge in [-0.1, -0.05) is 175 Å². The van der Waals surface area contributed by atoms with Gasteiger partial charge in [0.05, 0.1) is 0 Å². The zero-order chi connectivity index (χ0) is 32.4. The van der Waals surface area contributed by atoms with Crippen molar-refractivity contribution in [3.8, 4) is 0 Å². The highest BCUT2D eigenvalue weighted by Crippen LogP contribution is 2.15. The molecule has 6 nitrogen and oxygen atoms in total. The molecule has 0 saturated carbocycles. The molecule has 0 aliphatic rings. The summed E-state index contributed by atoms with van der Waals surface area (Å²) >= 11 is 0. The van der Waals surface area contributed by atoms with Gasteiger partial charge in [0.25, 0.3) is 0 Å². The van der Waals surface area contributed by atoms with Crippen LogP contribution in [0.15, 0.2) is 0 Å². The quantitative estimate of drug-likeness (QED) is 0.0402. The second-order valence-electron chi connectivity index (χ2n) is 12.8. The van der Waals surface area contributed by atoms with Gasteiger partial charge in [0.1, 0.15) is 13.2 Å². The van der Waals surface area contributed by atoms with Gasteiger partial charge in [-0.3, -0.25) is 14.4 Å². The Bertz CT molecular complexity index is 603. The predicted octanol–water partition coefficient (Wildman–Crippen LogP) is 11.4. The van der Waals surface area contributed by atoms with Crippen molar-refractivity contribution >= 4 is 17.9 Å². The minimum Gasteiger partial charge on any atom is -0.462 e. The van der Waals surface area contributed by atoms with E-state index in [1.165, 1.54) is 128 Å². The third-order valence-corrected chi connectivity index (χ3v) is 8.42. The summed E-state index contributed by atoms with van der Waals surface area (Å²) in [5.41, 5.74) is 0. The van der Waals surface area contributed by atoms with Crippen molar-refractivity contribution in [2.24, 2.45) is 0 Å². The summed E-state index contributed by atoms with van der Waals surface area (Å²) in [5, 5.41) is 0. The Hall–Kier alpha value is -1.59. The minimum absolute atomic E-state index is 0.0744. The lowest BCUT2D eigenvalue weighted by Gasteiger charge is -2.18. The largest absolute Gasteiger partial charge is 0.462 e. The van der Waals surface area contributed by atoms with E-state index in [9.17, 15) is 14.4 Å². The van der Waals surface area contributed by atoms with Gasteiger partial charge in [-0.25, -0.2) is 0 Å². The highest BCUT2D eigenvalue weighted by atomic mass is 16.6. The zero-order valence-electron chi connectivity index (χ0n) is 29.4. The average molecular weight is 625 g/mol. The minimum atomic E-state index is -0.756. The molecule has 0 aliphatic carbocycles. The van der Waals surface area contributed by atoms with E-state index in [0.29, 0.717) is 12.8 Å². The normalized spacial score (nSPS) is 11.2. The molecule has 44 heavy (non-hydrogen) atoms. The molecular weight excluding hydrogens is 552 g/mol. The van der Waals surface area contributed by atoms with E-state index in [0.717, 1.165) is 38.5 Å². The molecule has 0 amide bonds. The van der Waals surface area contributed by atoms with Crippen LogP contribution >= 0.6 is 0 Å². The van der Waals surface area contributed by atoms with Crippen molar-refractivity contribution in [2.75, 3.05) is 13.2 Å². The van der Waals surface area contributed by atoms with Crippen molar-refractivity contribution in [1.29, 1.82) is 0 Å². The number of carbonyl (C=O) groups excluding carboxylic acids is 3. The molecule has 0 aromatic heterocycles. The number of esters is 3. The lowest BCUT2D eigenvalue weighted by atomic mass is 10.0. The van der Waals surface area contributed by atoms with Gasteiger partial charge in [0.2, 0.25) is 0 Å². The first kappa shape index (κ1) is 42.4. The average Bonchev–Trinajstić information content (AvgIpc) is 3.02.